The van der Waals surface area contributed by atoms with Crippen LogP contribution in [0.15, 0.2) is 102 Å². The largest absolute Gasteiger partial charge is 0.448 e. The van der Waals surface area contributed by atoms with Gasteiger partial charge in [0.15, 0.2) is 0 Å². The zero-order valence-corrected chi connectivity index (χ0v) is 25.9. The number of nitrogens with zero attached hydrogens (tertiary/aromatic N) is 2. The third-order valence-electron chi connectivity index (χ3n) is 8.16. The number of fused-ring (bicyclic) bond motifs is 3. The van der Waals surface area contributed by atoms with E-state index in [0.717, 1.165) is 22.3 Å². The van der Waals surface area contributed by atoms with Gasteiger partial charge in [-0.15, -0.1) is 0 Å². The van der Waals surface area contributed by atoms with Gasteiger partial charge in [0.05, 0.1) is 12.1 Å². The first-order valence-corrected chi connectivity index (χ1v) is 15.3. The molecule has 0 saturated carbocycles. The molecule has 10 heteroatoms. The number of carbonyl (C=O) groups excluding carboxylic acids is 3. The minimum absolute atomic E-state index is 0.0974. The van der Waals surface area contributed by atoms with E-state index in [1.807, 2.05) is 24.3 Å². The van der Waals surface area contributed by atoms with Gasteiger partial charge < -0.3 is 25.0 Å². The summed E-state index contributed by atoms with van der Waals surface area (Å²) < 4.78 is 12.8. The molecule has 10 nitrogen and oxygen atoms in total. The van der Waals surface area contributed by atoms with Crippen LogP contribution in [-0.4, -0.2) is 64.9 Å². The number of likely N-dealkylation sites (tertiary alicyclic amines) is 1. The van der Waals surface area contributed by atoms with E-state index in [2.05, 4.69) is 34.9 Å². The van der Waals surface area contributed by atoms with E-state index in [9.17, 15) is 19.2 Å². The van der Waals surface area contributed by atoms with Crippen LogP contribution >= 0.6 is 0 Å². The first kappa shape index (κ1) is 30.6. The van der Waals surface area contributed by atoms with Crippen molar-refractivity contribution < 1.29 is 23.9 Å². The number of pyridine rings is 1. The molecule has 2 N–H and O–H groups in total. The van der Waals surface area contributed by atoms with Gasteiger partial charge in [-0.2, -0.15) is 0 Å². The molecule has 0 spiro atoms. The van der Waals surface area contributed by atoms with E-state index in [-0.39, 0.29) is 37.1 Å². The number of benzene rings is 3. The summed E-state index contributed by atoms with van der Waals surface area (Å²) in [6.45, 7) is 5.68. The normalized spacial score (nSPS) is 17.2. The van der Waals surface area contributed by atoms with E-state index < -0.39 is 29.9 Å². The Morgan fingerprint density at radius 1 is 0.783 bits per heavy atom. The van der Waals surface area contributed by atoms with Crippen LogP contribution < -0.4 is 16.2 Å². The summed E-state index contributed by atoms with van der Waals surface area (Å²) >= 11 is 0. The fourth-order valence-electron chi connectivity index (χ4n) is 6.06. The maximum Gasteiger partial charge on any atom is 0.409 e. The van der Waals surface area contributed by atoms with Gasteiger partial charge in [-0.3, -0.25) is 14.2 Å². The molecule has 236 valence electrons. The quantitative estimate of drug-likeness (QED) is 0.310. The number of rotatable bonds is 6. The van der Waals surface area contributed by atoms with Crippen molar-refractivity contribution in [3.05, 3.63) is 124 Å². The molecular weight excluding hydrogens is 584 g/mol. The van der Waals surface area contributed by atoms with Crippen LogP contribution in [0.3, 0.4) is 0 Å². The number of hydrogen-bond acceptors (Lipinski definition) is 6. The second-order valence-corrected chi connectivity index (χ2v) is 12.5. The summed E-state index contributed by atoms with van der Waals surface area (Å²) in [5.74, 6) is -0.484. The lowest BCUT2D eigenvalue weighted by molar-refractivity contribution is 0.0495. The molecule has 2 atom stereocenters. The molecule has 1 saturated heterocycles. The SMILES string of the molecule is CC(C)(C)OC(=O)N[C@@H]1CN(C(=O)OCC2c3ccccc3-c3ccccc32)C[C@@H]1NC(=O)c1ccc(-n2ccccc2=O)cc1. The predicted molar refractivity (Wildman–Crippen MR) is 173 cm³/mol. The standard InChI is InChI=1S/C36H36N4O6/c1-36(2,3)46-34(43)38-31-21-39(35(44)45-22-29-27-12-6-4-10-25(27)26-11-5-7-13-28(26)29)20-30(31)37-33(42)23-15-17-24(18-16-23)40-19-9-8-14-32(40)41/h4-19,29-31H,20-22H2,1-3H3,(H,37,42)(H,38,43)/t30-,31+/m0/s1. The fourth-order valence-corrected chi connectivity index (χ4v) is 6.06. The molecule has 6 rings (SSSR count). The van der Waals surface area contributed by atoms with Gasteiger partial charge in [-0.1, -0.05) is 54.6 Å². The lowest BCUT2D eigenvalue weighted by Gasteiger charge is -2.24. The lowest BCUT2D eigenvalue weighted by Crippen LogP contribution is -2.51. The van der Waals surface area contributed by atoms with Crippen LogP contribution in [0.2, 0.25) is 0 Å². The fraction of sp³-hybridized carbons (Fsp3) is 0.278. The van der Waals surface area contributed by atoms with Crippen molar-refractivity contribution in [2.24, 2.45) is 0 Å². The monoisotopic (exact) mass is 620 g/mol. The molecule has 1 aliphatic carbocycles. The number of nitrogens with one attached hydrogen (secondary N) is 2. The molecule has 3 amide bonds. The zero-order valence-electron chi connectivity index (χ0n) is 25.9. The van der Waals surface area contributed by atoms with Gasteiger partial charge in [0, 0.05) is 42.5 Å². The third kappa shape index (κ3) is 6.51. The maximum absolute atomic E-state index is 13.4. The molecule has 1 aromatic heterocycles. The molecule has 0 unspecified atom stereocenters. The molecule has 2 aliphatic rings. The van der Waals surface area contributed by atoms with Crippen molar-refractivity contribution in [3.8, 4) is 16.8 Å². The van der Waals surface area contributed by atoms with Gasteiger partial charge in [-0.25, -0.2) is 9.59 Å². The first-order chi connectivity index (χ1) is 22.1. The van der Waals surface area contributed by atoms with E-state index in [0.29, 0.717) is 11.3 Å². The third-order valence-corrected chi connectivity index (χ3v) is 8.16. The van der Waals surface area contributed by atoms with Crippen molar-refractivity contribution in [2.45, 2.75) is 44.4 Å². The van der Waals surface area contributed by atoms with Crippen LogP contribution in [0, 0.1) is 0 Å². The summed E-state index contributed by atoms with van der Waals surface area (Å²) in [4.78, 5) is 53.1. The number of ether oxygens (including phenoxy) is 2. The second kappa shape index (κ2) is 12.5. The van der Waals surface area contributed by atoms with Crippen LogP contribution in [0.5, 0.6) is 0 Å². The number of hydrogen-bond donors (Lipinski definition) is 2. The Bertz CT molecular complexity index is 1780. The Balaban J connectivity index is 1.15. The highest BCUT2D eigenvalue weighted by Gasteiger charge is 2.39. The van der Waals surface area contributed by atoms with Crippen molar-refractivity contribution in [1.82, 2.24) is 20.1 Å². The minimum Gasteiger partial charge on any atom is -0.448 e. The Labute approximate surface area is 266 Å². The average Bonchev–Trinajstić information content (AvgIpc) is 3.57. The van der Waals surface area contributed by atoms with E-state index in [1.54, 1.807) is 63.4 Å². The van der Waals surface area contributed by atoms with Crippen LogP contribution in [0.25, 0.3) is 16.8 Å². The van der Waals surface area contributed by atoms with Crippen LogP contribution in [-0.2, 0) is 9.47 Å². The van der Waals surface area contributed by atoms with Gasteiger partial charge in [0.2, 0.25) is 0 Å². The molecule has 3 aromatic carbocycles. The summed E-state index contributed by atoms with van der Waals surface area (Å²) in [5.41, 5.74) is 4.55. The van der Waals surface area contributed by atoms with Crippen molar-refractivity contribution >= 4 is 18.1 Å². The average molecular weight is 621 g/mol. The van der Waals surface area contributed by atoms with Crippen LogP contribution in [0.4, 0.5) is 9.59 Å². The van der Waals surface area contributed by atoms with Crippen LogP contribution in [0.1, 0.15) is 48.2 Å². The van der Waals surface area contributed by atoms with Crippen molar-refractivity contribution in [2.75, 3.05) is 19.7 Å². The molecule has 1 aliphatic heterocycles. The Hall–Kier alpha value is -5.38. The van der Waals surface area contributed by atoms with Crippen molar-refractivity contribution in [1.29, 1.82) is 0 Å². The number of carbonyl (C=O) groups is 3. The Morgan fingerprint density at radius 2 is 1.37 bits per heavy atom. The minimum atomic E-state index is -0.726. The van der Waals surface area contributed by atoms with Gasteiger partial charge >= 0.3 is 12.2 Å². The summed E-state index contributed by atoms with van der Waals surface area (Å²) in [7, 11) is 0. The highest BCUT2D eigenvalue weighted by atomic mass is 16.6. The highest BCUT2D eigenvalue weighted by molar-refractivity contribution is 5.94. The topological polar surface area (TPSA) is 119 Å². The Kier molecular flexibility index (Phi) is 8.36. The molecule has 46 heavy (non-hydrogen) atoms. The molecule has 0 radical (unpaired) electrons. The number of alkyl carbamates (subject to hydrolysis) is 1. The lowest BCUT2D eigenvalue weighted by atomic mass is 9.98. The van der Waals surface area contributed by atoms with E-state index in [1.165, 1.54) is 15.5 Å². The molecule has 1 fully saturated rings. The second-order valence-electron chi connectivity index (χ2n) is 12.5. The molecular formula is C36H36N4O6. The summed E-state index contributed by atoms with van der Waals surface area (Å²) in [6, 6.07) is 26.5. The molecule has 2 heterocycles. The first-order valence-electron chi connectivity index (χ1n) is 15.3. The Morgan fingerprint density at radius 3 is 1.98 bits per heavy atom. The summed E-state index contributed by atoms with van der Waals surface area (Å²) in [5, 5.41) is 5.79. The smallest absolute Gasteiger partial charge is 0.409 e. The van der Waals surface area contributed by atoms with Gasteiger partial charge in [0.1, 0.15) is 12.2 Å². The molecule has 4 aromatic rings. The maximum atomic E-state index is 13.4. The van der Waals surface area contributed by atoms with Gasteiger partial charge in [0.25, 0.3) is 11.5 Å². The number of amides is 3. The van der Waals surface area contributed by atoms with Gasteiger partial charge in [-0.05, 0) is 73.4 Å². The van der Waals surface area contributed by atoms with E-state index in [4.69, 9.17) is 9.47 Å². The zero-order chi connectivity index (χ0) is 32.4. The predicted octanol–water partition coefficient (Wildman–Crippen LogP) is 5.09. The summed E-state index contributed by atoms with van der Waals surface area (Å²) in [6.07, 6.45) is 0.469. The van der Waals surface area contributed by atoms with E-state index >= 15 is 0 Å². The highest BCUT2D eigenvalue weighted by Crippen LogP contribution is 2.44. The molecule has 0 bridgehead atoms. The van der Waals surface area contributed by atoms with Crippen molar-refractivity contribution in [3.63, 3.8) is 0 Å². The number of aromatic nitrogens is 1.